The molecule has 4 N–H and O–H groups in total. The summed E-state index contributed by atoms with van der Waals surface area (Å²) in [7, 11) is 0. The van der Waals surface area contributed by atoms with Crippen molar-refractivity contribution in [2.24, 2.45) is 5.73 Å². The molecule has 7 heteroatoms. The van der Waals surface area contributed by atoms with Crippen LogP contribution in [0.3, 0.4) is 0 Å². The number of carbonyl (C=O) groups is 3. The molecular formula is C48H84N2O5. The number of carbonyl (C=O) groups excluding carboxylic acids is 2. The fourth-order valence-corrected chi connectivity index (χ4v) is 6.41. The topological polar surface area (TPSA) is 119 Å². The summed E-state index contributed by atoms with van der Waals surface area (Å²) in [4.78, 5) is 36.4. The molecule has 0 aliphatic heterocycles. The first-order valence-corrected chi connectivity index (χ1v) is 22.6. The highest BCUT2D eigenvalue weighted by Gasteiger charge is 2.19. The number of rotatable bonds is 40. The number of esters is 1. The first-order chi connectivity index (χ1) is 26.9. The molecule has 0 aliphatic carbocycles. The molecule has 0 radical (unpaired) electrons. The molecule has 0 aromatic heterocycles. The molecule has 0 fully saturated rings. The van der Waals surface area contributed by atoms with Crippen molar-refractivity contribution >= 4 is 17.8 Å². The van der Waals surface area contributed by atoms with Crippen molar-refractivity contribution in [3.05, 3.63) is 60.8 Å². The monoisotopic (exact) mass is 769 g/mol. The molecule has 0 spiro atoms. The van der Waals surface area contributed by atoms with Crippen molar-refractivity contribution in [3.63, 3.8) is 0 Å². The third-order valence-electron chi connectivity index (χ3n) is 9.80. The number of nitrogens with one attached hydrogen (secondary N) is 1. The van der Waals surface area contributed by atoms with Crippen LogP contribution >= 0.6 is 0 Å². The molecule has 2 unspecified atom stereocenters. The number of hydrogen-bond donors (Lipinski definition) is 3. The van der Waals surface area contributed by atoms with Crippen LogP contribution in [0.15, 0.2) is 60.8 Å². The number of unbranched alkanes of at least 4 members (excludes halogenated alkanes) is 18. The number of carboxylic acid groups (broad SMARTS) is 1. The molecule has 0 heterocycles. The number of carboxylic acids is 1. The maximum atomic E-state index is 12.8. The predicted octanol–water partition coefficient (Wildman–Crippen LogP) is 13.0. The van der Waals surface area contributed by atoms with Crippen molar-refractivity contribution in [2.45, 2.75) is 219 Å². The van der Waals surface area contributed by atoms with Crippen molar-refractivity contribution < 1.29 is 24.2 Å². The van der Waals surface area contributed by atoms with Crippen molar-refractivity contribution in [3.8, 4) is 0 Å². The molecule has 0 aromatic rings. The number of amides is 1. The molecule has 0 saturated heterocycles. The second kappa shape index (κ2) is 42.2. The van der Waals surface area contributed by atoms with E-state index in [9.17, 15) is 19.5 Å². The number of nitrogens with two attached hydrogens (primary N) is 1. The Balaban J connectivity index is 4.24. The van der Waals surface area contributed by atoms with Crippen LogP contribution in [0.1, 0.15) is 206 Å². The van der Waals surface area contributed by atoms with Crippen molar-refractivity contribution in [2.75, 3.05) is 6.54 Å². The molecule has 2 atom stereocenters. The number of allylic oxidation sites excluding steroid dienone is 9. The predicted molar refractivity (Wildman–Crippen MR) is 234 cm³/mol. The van der Waals surface area contributed by atoms with Crippen molar-refractivity contribution in [1.82, 2.24) is 5.32 Å². The molecule has 7 nitrogen and oxygen atoms in total. The summed E-state index contributed by atoms with van der Waals surface area (Å²) in [6, 6.07) is -0.873. The summed E-state index contributed by atoms with van der Waals surface area (Å²) in [6.45, 7) is 4.81. The van der Waals surface area contributed by atoms with Crippen LogP contribution in [0.5, 0.6) is 0 Å². The highest BCUT2D eigenvalue weighted by atomic mass is 16.5. The minimum absolute atomic E-state index is 0.0966. The van der Waals surface area contributed by atoms with E-state index in [0.717, 1.165) is 70.6 Å². The van der Waals surface area contributed by atoms with Gasteiger partial charge in [-0.15, -0.1) is 0 Å². The summed E-state index contributed by atoms with van der Waals surface area (Å²) >= 11 is 0. The molecule has 55 heavy (non-hydrogen) atoms. The van der Waals surface area contributed by atoms with Crippen LogP contribution in [0, 0.1) is 0 Å². The molecule has 0 bridgehead atoms. The normalized spacial score (nSPS) is 13.2. The lowest BCUT2D eigenvalue weighted by atomic mass is 10.1. The molecule has 0 rings (SSSR count). The van der Waals surface area contributed by atoms with Gasteiger partial charge in [-0.25, -0.2) is 4.79 Å². The smallest absolute Gasteiger partial charge is 0.326 e. The minimum Gasteiger partial charge on any atom is -0.480 e. The van der Waals surface area contributed by atoms with Gasteiger partial charge in [0, 0.05) is 12.8 Å². The van der Waals surface area contributed by atoms with E-state index in [0.29, 0.717) is 38.6 Å². The maximum Gasteiger partial charge on any atom is 0.326 e. The first kappa shape index (κ1) is 52.1. The van der Waals surface area contributed by atoms with E-state index in [4.69, 9.17) is 10.5 Å². The summed E-state index contributed by atoms with van der Waals surface area (Å²) in [5.74, 6) is -1.34. The number of aliphatic carboxylic acids is 1. The zero-order valence-electron chi connectivity index (χ0n) is 35.5. The Morgan fingerprint density at radius 2 is 1.05 bits per heavy atom. The van der Waals surface area contributed by atoms with E-state index in [1.807, 2.05) is 0 Å². The SMILES string of the molecule is CC/C=C\C/C=C\C/C=C\C/C=C\CCCCCCCCCCC(=O)OC(/C=C\CCCCCCCCC)CCCCCCC(=O)NC(CCCN)C(=O)O. The maximum absolute atomic E-state index is 12.8. The van der Waals surface area contributed by atoms with Gasteiger partial charge in [0.05, 0.1) is 0 Å². The second-order valence-electron chi connectivity index (χ2n) is 15.1. The van der Waals surface area contributed by atoms with Gasteiger partial charge in [-0.3, -0.25) is 9.59 Å². The Morgan fingerprint density at radius 3 is 1.62 bits per heavy atom. The molecule has 0 saturated carbocycles. The molecular weight excluding hydrogens is 685 g/mol. The van der Waals surface area contributed by atoms with Gasteiger partial charge in [0.2, 0.25) is 5.91 Å². The minimum atomic E-state index is -1.02. The Morgan fingerprint density at radius 1 is 0.564 bits per heavy atom. The Labute approximate surface area is 338 Å². The zero-order chi connectivity index (χ0) is 40.3. The van der Waals surface area contributed by atoms with E-state index >= 15 is 0 Å². The van der Waals surface area contributed by atoms with Crippen LogP contribution in [0.2, 0.25) is 0 Å². The second-order valence-corrected chi connectivity index (χ2v) is 15.1. The van der Waals surface area contributed by atoms with E-state index in [-0.39, 0.29) is 18.0 Å². The van der Waals surface area contributed by atoms with Gasteiger partial charge in [-0.05, 0) is 103 Å². The first-order valence-electron chi connectivity index (χ1n) is 22.6. The van der Waals surface area contributed by atoms with Crippen LogP contribution < -0.4 is 11.1 Å². The Kier molecular flexibility index (Phi) is 40.0. The highest BCUT2D eigenvalue weighted by Crippen LogP contribution is 2.16. The quantitative estimate of drug-likeness (QED) is 0.0324. The zero-order valence-corrected chi connectivity index (χ0v) is 35.5. The average molecular weight is 769 g/mol. The Bertz CT molecular complexity index is 1050. The van der Waals surface area contributed by atoms with Crippen LogP contribution in [-0.2, 0) is 19.1 Å². The average Bonchev–Trinajstić information content (AvgIpc) is 3.17. The Hall–Kier alpha value is -2.93. The highest BCUT2D eigenvalue weighted by molar-refractivity contribution is 5.83. The van der Waals surface area contributed by atoms with Gasteiger partial charge >= 0.3 is 11.9 Å². The van der Waals surface area contributed by atoms with Gasteiger partial charge < -0.3 is 20.9 Å². The summed E-state index contributed by atoms with van der Waals surface area (Å²) in [5.41, 5.74) is 5.49. The third kappa shape index (κ3) is 39.1. The van der Waals surface area contributed by atoms with Gasteiger partial charge in [-0.1, -0.05) is 158 Å². The summed E-state index contributed by atoms with van der Waals surface area (Å²) in [6.07, 6.45) is 52.8. The van der Waals surface area contributed by atoms with Crippen LogP contribution in [-0.4, -0.2) is 41.6 Å². The fourth-order valence-electron chi connectivity index (χ4n) is 6.41. The number of hydrogen-bond acceptors (Lipinski definition) is 5. The van der Waals surface area contributed by atoms with E-state index in [1.165, 1.54) is 89.9 Å². The lowest BCUT2D eigenvalue weighted by Crippen LogP contribution is -2.40. The molecule has 0 aliphatic rings. The van der Waals surface area contributed by atoms with Gasteiger partial charge in [0.15, 0.2) is 0 Å². The van der Waals surface area contributed by atoms with Crippen molar-refractivity contribution in [1.29, 1.82) is 0 Å². The lowest BCUT2D eigenvalue weighted by Gasteiger charge is -2.15. The van der Waals surface area contributed by atoms with Crippen LogP contribution in [0.25, 0.3) is 0 Å². The van der Waals surface area contributed by atoms with Gasteiger partial charge in [0.25, 0.3) is 0 Å². The van der Waals surface area contributed by atoms with E-state index in [2.05, 4.69) is 79.9 Å². The number of ether oxygens (including phenoxy) is 1. The molecule has 1 amide bonds. The standard InChI is InChI=1S/C48H84N2O5/c1-3-5-7-9-11-13-14-15-16-17-18-19-20-21-22-23-24-26-28-30-36-42-47(52)55-44(38-33-29-27-25-12-10-8-6-4-2)39-34-31-32-35-41-46(51)50-45(48(53)54)40-37-43-49/h5,7,11,13,15-16,18-19,33,38,44-45H,3-4,6,8-10,12,14,17,20-32,34-37,39-43,49H2,1-2H3,(H,50,51)(H,53,54)/b7-5-,13-11-,16-15-,19-18-,38-33-. The van der Waals surface area contributed by atoms with Crippen LogP contribution in [0.4, 0.5) is 0 Å². The third-order valence-corrected chi connectivity index (χ3v) is 9.80. The van der Waals surface area contributed by atoms with Gasteiger partial charge in [0.1, 0.15) is 12.1 Å². The summed E-state index contributed by atoms with van der Waals surface area (Å²) < 4.78 is 5.94. The fraction of sp³-hybridized carbons (Fsp3) is 0.729. The molecule has 316 valence electrons. The molecule has 0 aromatic carbocycles. The van der Waals surface area contributed by atoms with E-state index in [1.54, 1.807) is 0 Å². The lowest BCUT2D eigenvalue weighted by molar-refractivity contribution is -0.147. The van der Waals surface area contributed by atoms with Gasteiger partial charge in [-0.2, -0.15) is 0 Å². The summed E-state index contributed by atoms with van der Waals surface area (Å²) in [5, 5.41) is 11.9. The van der Waals surface area contributed by atoms with E-state index < -0.39 is 12.0 Å². The largest absolute Gasteiger partial charge is 0.480 e.